The van der Waals surface area contributed by atoms with E-state index >= 15 is 0 Å². The molecule has 0 spiro atoms. The SMILES string of the molecule is O=C(O)CN1CCN(c2ccc(F)cc2Cl)CC1. The van der Waals surface area contributed by atoms with Gasteiger partial charge in [0.05, 0.1) is 17.3 Å². The molecule has 0 aliphatic carbocycles. The van der Waals surface area contributed by atoms with Gasteiger partial charge in [-0.3, -0.25) is 9.69 Å². The molecule has 1 heterocycles. The van der Waals surface area contributed by atoms with Gasteiger partial charge in [-0.15, -0.1) is 0 Å². The molecule has 18 heavy (non-hydrogen) atoms. The van der Waals surface area contributed by atoms with Gasteiger partial charge in [0.1, 0.15) is 5.82 Å². The van der Waals surface area contributed by atoms with Crippen molar-refractivity contribution in [1.29, 1.82) is 0 Å². The minimum atomic E-state index is -0.816. The molecule has 1 aromatic carbocycles. The van der Waals surface area contributed by atoms with Gasteiger partial charge in [0.2, 0.25) is 0 Å². The molecule has 6 heteroatoms. The van der Waals surface area contributed by atoms with Crippen LogP contribution in [0, 0.1) is 5.82 Å². The van der Waals surface area contributed by atoms with Crippen LogP contribution in [0.15, 0.2) is 18.2 Å². The molecule has 0 bridgehead atoms. The van der Waals surface area contributed by atoms with E-state index in [1.165, 1.54) is 12.1 Å². The van der Waals surface area contributed by atoms with Crippen molar-refractivity contribution in [3.05, 3.63) is 29.0 Å². The number of piperazine rings is 1. The average molecular weight is 273 g/mol. The van der Waals surface area contributed by atoms with E-state index in [1.807, 2.05) is 9.80 Å². The van der Waals surface area contributed by atoms with E-state index in [0.29, 0.717) is 31.2 Å². The van der Waals surface area contributed by atoms with Gasteiger partial charge in [-0.05, 0) is 18.2 Å². The van der Waals surface area contributed by atoms with Crippen molar-refractivity contribution in [1.82, 2.24) is 4.90 Å². The van der Waals surface area contributed by atoms with Crippen molar-refractivity contribution in [2.45, 2.75) is 0 Å². The highest BCUT2D eigenvalue weighted by molar-refractivity contribution is 6.33. The quantitative estimate of drug-likeness (QED) is 0.909. The van der Waals surface area contributed by atoms with E-state index in [-0.39, 0.29) is 12.4 Å². The van der Waals surface area contributed by atoms with Crippen LogP contribution >= 0.6 is 11.6 Å². The average Bonchev–Trinajstić information content (AvgIpc) is 2.30. The summed E-state index contributed by atoms with van der Waals surface area (Å²) in [6.45, 7) is 2.78. The number of benzene rings is 1. The zero-order valence-corrected chi connectivity index (χ0v) is 10.5. The lowest BCUT2D eigenvalue weighted by molar-refractivity contribution is -0.138. The van der Waals surface area contributed by atoms with E-state index in [1.54, 1.807) is 6.07 Å². The smallest absolute Gasteiger partial charge is 0.317 e. The monoisotopic (exact) mass is 272 g/mol. The molecule has 2 rings (SSSR count). The van der Waals surface area contributed by atoms with Crippen molar-refractivity contribution in [3.63, 3.8) is 0 Å². The van der Waals surface area contributed by atoms with Crippen LogP contribution in [0.4, 0.5) is 10.1 Å². The second kappa shape index (κ2) is 5.54. The van der Waals surface area contributed by atoms with Gasteiger partial charge in [0.25, 0.3) is 0 Å². The largest absolute Gasteiger partial charge is 0.480 e. The van der Waals surface area contributed by atoms with E-state index in [4.69, 9.17) is 16.7 Å². The summed E-state index contributed by atoms with van der Waals surface area (Å²) >= 11 is 5.99. The number of hydrogen-bond acceptors (Lipinski definition) is 3. The van der Waals surface area contributed by atoms with Crippen LogP contribution in [0.5, 0.6) is 0 Å². The van der Waals surface area contributed by atoms with Gasteiger partial charge < -0.3 is 10.0 Å². The molecule has 0 unspecified atom stereocenters. The first-order valence-electron chi connectivity index (χ1n) is 5.70. The molecule has 0 radical (unpaired) electrons. The van der Waals surface area contributed by atoms with Crippen molar-refractivity contribution >= 4 is 23.3 Å². The van der Waals surface area contributed by atoms with Gasteiger partial charge in [0.15, 0.2) is 0 Å². The third kappa shape index (κ3) is 3.11. The predicted molar refractivity (Wildman–Crippen MR) is 67.7 cm³/mol. The zero-order chi connectivity index (χ0) is 13.1. The molecule has 4 nitrogen and oxygen atoms in total. The van der Waals surface area contributed by atoms with Crippen molar-refractivity contribution in [2.75, 3.05) is 37.6 Å². The number of aliphatic carboxylic acids is 1. The first-order chi connectivity index (χ1) is 8.56. The molecular formula is C12H14ClFN2O2. The highest BCUT2D eigenvalue weighted by Crippen LogP contribution is 2.27. The maximum Gasteiger partial charge on any atom is 0.317 e. The molecule has 1 aliphatic rings. The van der Waals surface area contributed by atoms with Gasteiger partial charge in [-0.25, -0.2) is 4.39 Å². The minimum absolute atomic E-state index is 0.0605. The fraction of sp³-hybridized carbons (Fsp3) is 0.417. The maximum atomic E-state index is 12.9. The number of nitrogens with zero attached hydrogens (tertiary/aromatic N) is 2. The third-order valence-corrected chi connectivity index (χ3v) is 3.28. The Morgan fingerprint density at radius 1 is 1.33 bits per heavy atom. The zero-order valence-electron chi connectivity index (χ0n) is 9.77. The van der Waals surface area contributed by atoms with Crippen LogP contribution in [0.1, 0.15) is 0 Å². The second-order valence-electron chi connectivity index (χ2n) is 4.25. The molecule has 0 amide bonds. The Labute approximate surface area is 110 Å². The molecule has 1 aliphatic heterocycles. The Hall–Kier alpha value is -1.33. The van der Waals surface area contributed by atoms with Gasteiger partial charge in [0, 0.05) is 26.2 Å². The lowest BCUT2D eigenvalue weighted by Gasteiger charge is -2.35. The fourth-order valence-corrected chi connectivity index (χ4v) is 2.36. The molecule has 1 saturated heterocycles. The summed E-state index contributed by atoms with van der Waals surface area (Å²) < 4.78 is 12.9. The van der Waals surface area contributed by atoms with Crippen LogP contribution in [0.2, 0.25) is 5.02 Å². The maximum absolute atomic E-state index is 12.9. The van der Waals surface area contributed by atoms with Crippen LogP contribution < -0.4 is 4.90 Å². The Kier molecular flexibility index (Phi) is 4.04. The van der Waals surface area contributed by atoms with E-state index in [2.05, 4.69) is 0 Å². The molecule has 0 aromatic heterocycles. The number of carboxylic acids is 1. The molecule has 1 fully saturated rings. The van der Waals surface area contributed by atoms with E-state index in [9.17, 15) is 9.18 Å². The van der Waals surface area contributed by atoms with Gasteiger partial charge in [-0.1, -0.05) is 11.6 Å². The van der Waals surface area contributed by atoms with Crippen molar-refractivity contribution in [3.8, 4) is 0 Å². The summed E-state index contributed by atoms with van der Waals surface area (Å²) in [6, 6.07) is 4.33. The molecule has 98 valence electrons. The van der Waals surface area contributed by atoms with Crippen molar-refractivity contribution < 1.29 is 14.3 Å². The van der Waals surface area contributed by atoms with Gasteiger partial charge >= 0.3 is 5.97 Å². The van der Waals surface area contributed by atoms with Crippen LogP contribution in [-0.2, 0) is 4.79 Å². The van der Waals surface area contributed by atoms with Crippen LogP contribution in [0.3, 0.4) is 0 Å². The summed E-state index contributed by atoms with van der Waals surface area (Å²) in [6.07, 6.45) is 0. The number of rotatable bonds is 3. The molecular weight excluding hydrogens is 259 g/mol. The number of halogens is 2. The van der Waals surface area contributed by atoms with E-state index < -0.39 is 5.97 Å². The minimum Gasteiger partial charge on any atom is -0.480 e. The Bertz CT molecular complexity index is 448. The summed E-state index contributed by atoms with van der Waals surface area (Å²) in [7, 11) is 0. The number of carbonyl (C=O) groups is 1. The summed E-state index contributed by atoms with van der Waals surface area (Å²) in [5.41, 5.74) is 0.799. The standard InChI is InChI=1S/C12H14ClFN2O2/c13-10-7-9(14)1-2-11(10)16-5-3-15(4-6-16)8-12(17)18/h1-2,7H,3-6,8H2,(H,17,18). The summed E-state index contributed by atoms with van der Waals surface area (Å²) in [5.74, 6) is -1.17. The number of hydrogen-bond donors (Lipinski definition) is 1. The Morgan fingerprint density at radius 2 is 2.00 bits per heavy atom. The molecule has 0 atom stereocenters. The highest BCUT2D eigenvalue weighted by Gasteiger charge is 2.20. The lowest BCUT2D eigenvalue weighted by atomic mass is 10.2. The van der Waals surface area contributed by atoms with E-state index in [0.717, 1.165) is 5.69 Å². The topological polar surface area (TPSA) is 43.8 Å². The highest BCUT2D eigenvalue weighted by atomic mass is 35.5. The third-order valence-electron chi connectivity index (χ3n) is 2.98. The molecule has 0 saturated carbocycles. The molecule has 1 N–H and O–H groups in total. The Balaban J connectivity index is 1.99. The first-order valence-corrected chi connectivity index (χ1v) is 6.08. The normalized spacial score (nSPS) is 16.9. The number of anilines is 1. The van der Waals surface area contributed by atoms with Crippen LogP contribution in [-0.4, -0.2) is 48.7 Å². The van der Waals surface area contributed by atoms with Crippen LogP contribution in [0.25, 0.3) is 0 Å². The first kappa shape index (κ1) is 13.1. The van der Waals surface area contributed by atoms with Crippen molar-refractivity contribution in [2.24, 2.45) is 0 Å². The predicted octanol–water partition coefficient (Wildman–Crippen LogP) is 1.69. The molecule has 1 aromatic rings. The summed E-state index contributed by atoms with van der Waals surface area (Å²) in [4.78, 5) is 14.5. The fourth-order valence-electron chi connectivity index (χ4n) is 2.08. The number of carboxylic acid groups (broad SMARTS) is 1. The summed E-state index contributed by atoms with van der Waals surface area (Å²) in [5, 5.41) is 9.10. The Morgan fingerprint density at radius 3 is 2.56 bits per heavy atom. The lowest BCUT2D eigenvalue weighted by Crippen LogP contribution is -2.48. The van der Waals surface area contributed by atoms with Gasteiger partial charge in [-0.2, -0.15) is 0 Å². The second-order valence-corrected chi connectivity index (χ2v) is 4.66.